The van der Waals surface area contributed by atoms with E-state index < -0.39 is 0 Å². The van der Waals surface area contributed by atoms with E-state index in [1.54, 1.807) is 13.2 Å². The number of aromatic nitrogens is 2. The SMILES string of the molecule is COc1cc(Cl)cc2c1OCC(n1c(CCN)c[nH]c1=S)C2.Cl. The van der Waals surface area contributed by atoms with Crippen molar-refractivity contribution in [3.63, 3.8) is 0 Å². The molecule has 0 saturated carbocycles. The number of imidazole rings is 1. The average molecular weight is 376 g/mol. The summed E-state index contributed by atoms with van der Waals surface area (Å²) in [6, 6.07) is 3.81. The van der Waals surface area contributed by atoms with Crippen molar-refractivity contribution >= 4 is 36.2 Å². The molecule has 0 spiro atoms. The van der Waals surface area contributed by atoms with E-state index in [1.807, 2.05) is 12.3 Å². The van der Waals surface area contributed by atoms with Gasteiger partial charge in [-0.1, -0.05) is 11.6 Å². The zero-order valence-corrected chi connectivity index (χ0v) is 15.1. The lowest BCUT2D eigenvalue weighted by Crippen LogP contribution is -2.26. The number of nitrogens with two attached hydrogens (primary N) is 1. The third kappa shape index (κ3) is 3.50. The van der Waals surface area contributed by atoms with Gasteiger partial charge in [0, 0.05) is 41.4 Å². The van der Waals surface area contributed by atoms with Gasteiger partial charge < -0.3 is 24.8 Å². The molecule has 0 bridgehead atoms. The van der Waals surface area contributed by atoms with Gasteiger partial charge >= 0.3 is 0 Å². The van der Waals surface area contributed by atoms with Crippen LogP contribution in [-0.4, -0.2) is 29.8 Å². The normalized spacial score (nSPS) is 16.2. The van der Waals surface area contributed by atoms with Crippen LogP contribution in [0.3, 0.4) is 0 Å². The van der Waals surface area contributed by atoms with Crippen molar-refractivity contribution in [1.29, 1.82) is 0 Å². The highest BCUT2D eigenvalue weighted by atomic mass is 35.5. The molecule has 8 heteroatoms. The molecule has 1 unspecified atom stereocenters. The minimum atomic E-state index is 0. The third-order valence-electron chi connectivity index (χ3n) is 3.85. The first-order valence-electron chi connectivity index (χ1n) is 7.12. The Labute approximate surface area is 151 Å². The fourth-order valence-corrected chi connectivity index (χ4v) is 3.46. The maximum Gasteiger partial charge on any atom is 0.177 e. The standard InChI is InChI=1S/C15H18ClN3O2S.ClH/c1-20-13-6-10(16)4-9-5-12(8-21-14(9)13)19-11(2-3-17)7-18-15(19)22;/h4,6-7,12H,2-3,5,8,17H2,1H3,(H,18,22);1H. The van der Waals surface area contributed by atoms with Crippen LogP contribution in [0.5, 0.6) is 11.5 Å². The summed E-state index contributed by atoms with van der Waals surface area (Å²) in [6.45, 7) is 1.12. The Balaban J connectivity index is 0.00000192. The summed E-state index contributed by atoms with van der Waals surface area (Å²) in [7, 11) is 1.61. The number of benzene rings is 1. The van der Waals surface area contributed by atoms with Gasteiger partial charge in [0.2, 0.25) is 0 Å². The number of fused-ring (bicyclic) bond motifs is 1. The zero-order valence-electron chi connectivity index (χ0n) is 12.7. The number of H-pyrrole nitrogens is 1. The van der Waals surface area contributed by atoms with E-state index >= 15 is 0 Å². The Bertz CT molecular complexity index is 745. The van der Waals surface area contributed by atoms with Crippen LogP contribution in [-0.2, 0) is 12.8 Å². The molecule has 0 radical (unpaired) electrons. The van der Waals surface area contributed by atoms with Gasteiger partial charge in [0.05, 0.1) is 13.2 Å². The maximum atomic E-state index is 6.16. The van der Waals surface area contributed by atoms with Crippen LogP contribution >= 0.6 is 36.2 Å². The molecule has 0 fully saturated rings. The van der Waals surface area contributed by atoms with E-state index in [0.29, 0.717) is 28.7 Å². The lowest BCUT2D eigenvalue weighted by Gasteiger charge is -2.28. The van der Waals surface area contributed by atoms with Gasteiger partial charge in [0.15, 0.2) is 16.3 Å². The molecule has 1 aromatic carbocycles. The number of halogens is 2. The van der Waals surface area contributed by atoms with E-state index in [0.717, 1.165) is 29.8 Å². The monoisotopic (exact) mass is 375 g/mol. The third-order valence-corrected chi connectivity index (χ3v) is 4.38. The summed E-state index contributed by atoms with van der Waals surface area (Å²) in [5, 5.41) is 0.639. The molecule has 0 saturated heterocycles. The van der Waals surface area contributed by atoms with Crippen LogP contribution in [0.25, 0.3) is 0 Å². The predicted octanol–water partition coefficient (Wildman–Crippen LogP) is 3.31. The number of rotatable bonds is 4. The van der Waals surface area contributed by atoms with E-state index in [9.17, 15) is 0 Å². The van der Waals surface area contributed by atoms with E-state index in [1.165, 1.54) is 0 Å². The van der Waals surface area contributed by atoms with Crippen molar-refractivity contribution in [2.24, 2.45) is 5.73 Å². The largest absolute Gasteiger partial charge is 0.493 e. The van der Waals surface area contributed by atoms with Crippen LogP contribution in [0.1, 0.15) is 17.3 Å². The summed E-state index contributed by atoms with van der Waals surface area (Å²) in [5.74, 6) is 1.44. The Morgan fingerprint density at radius 2 is 2.30 bits per heavy atom. The first-order chi connectivity index (χ1) is 10.6. The summed E-state index contributed by atoms with van der Waals surface area (Å²) in [4.78, 5) is 3.09. The number of ether oxygens (including phenoxy) is 2. The van der Waals surface area contributed by atoms with Crippen molar-refractivity contribution < 1.29 is 9.47 Å². The predicted molar refractivity (Wildman–Crippen MR) is 95.9 cm³/mol. The van der Waals surface area contributed by atoms with Crippen molar-refractivity contribution in [3.05, 3.63) is 39.4 Å². The Kier molecular flexibility index (Phi) is 5.97. The highest BCUT2D eigenvalue weighted by molar-refractivity contribution is 7.71. The van der Waals surface area contributed by atoms with Crippen molar-refractivity contribution in [2.75, 3.05) is 20.3 Å². The lowest BCUT2D eigenvalue weighted by atomic mass is 10.0. The molecular weight excluding hydrogens is 357 g/mol. The zero-order chi connectivity index (χ0) is 15.7. The molecule has 3 N–H and O–H groups in total. The second kappa shape index (κ2) is 7.57. The molecule has 1 atom stereocenters. The molecule has 1 aliphatic rings. The number of hydrogen-bond acceptors (Lipinski definition) is 4. The molecule has 2 aromatic rings. The summed E-state index contributed by atoms with van der Waals surface area (Å²) >= 11 is 11.6. The molecule has 23 heavy (non-hydrogen) atoms. The van der Waals surface area contributed by atoms with Crippen molar-refractivity contribution in [3.8, 4) is 11.5 Å². The highest BCUT2D eigenvalue weighted by Gasteiger charge is 2.26. The topological polar surface area (TPSA) is 65.2 Å². The first kappa shape index (κ1) is 18.1. The minimum Gasteiger partial charge on any atom is -0.493 e. The van der Waals surface area contributed by atoms with Gasteiger partial charge in [-0.2, -0.15) is 0 Å². The molecule has 0 amide bonds. The number of hydrogen-bond donors (Lipinski definition) is 2. The quantitative estimate of drug-likeness (QED) is 0.804. The molecule has 1 aromatic heterocycles. The van der Waals surface area contributed by atoms with Gasteiger partial charge in [-0.15, -0.1) is 12.4 Å². The molecule has 1 aliphatic heterocycles. The second-order valence-electron chi connectivity index (χ2n) is 5.26. The number of methoxy groups -OCH3 is 1. The maximum absolute atomic E-state index is 6.16. The average Bonchev–Trinajstić information content (AvgIpc) is 2.87. The number of aromatic amines is 1. The minimum absolute atomic E-state index is 0. The Morgan fingerprint density at radius 3 is 3.00 bits per heavy atom. The van der Waals surface area contributed by atoms with Gasteiger partial charge in [-0.05, 0) is 24.8 Å². The fraction of sp³-hybridized carbons (Fsp3) is 0.400. The Morgan fingerprint density at radius 1 is 1.52 bits per heavy atom. The van der Waals surface area contributed by atoms with Crippen molar-refractivity contribution in [2.45, 2.75) is 18.9 Å². The van der Waals surface area contributed by atoms with E-state index in [-0.39, 0.29) is 18.4 Å². The fourth-order valence-electron chi connectivity index (χ4n) is 2.90. The van der Waals surface area contributed by atoms with Gasteiger partial charge in [0.1, 0.15) is 6.61 Å². The number of nitrogens with zero attached hydrogens (tertiary/aromatic N) is 1. The van der Waals surface area contributed by atoms with Gasteiger partial charge in [-0.25, -0.2) is 0 Å². The summed E-state index contributed by atoms with van der Waals surface area (Å²) in [6.07, 6.45) is 3.48. The van der Waals surface area contributed by atoms with Crippen LogP contribution in [0, 0.1) is 4.77 Å². The molecule has 126 valence electrons. The lowest BCUT2D eigenvalue weighted by molar-refractivity contribution is 0.211. The van der Waals surface area contributed by atoms with Crippen LogP contribution < -0.4 is 15.2 Å². The smallest absolute Gasteiger partial charge is 0.177 e. The molecule has 5 nitrogen and oxygen atoms in total. The summed E-state index contributed by atoms with van der Waals surface area (Å²) < 4.78 is 14.1. The van der Waals surface area contributed by atoms with Crippen LogP contribution in [0.15, 0.2) is 18.3 Å². The molecule has 0 aliphatic carbocycles. The first-order valence-corrected chi connectivity index (χ1v) is 7.90. The van der Waals surface area contributed by atoms with E-state index in [4.69, 9.17) is 39.0 Å². The summed E-state index contributed by atoms with van der Waals surface area (Å²) in [5.41, 5.74) is 7.80. The van der Waals surface area contributed by atoms with E-state index in [2.05, 4.69) is 9.55 Å². The highest BCUT2D eigenvalue weighted by Crippen LogP contribution is 2.40. The van der Waals surface area contributed by atoms with Gasteiger partial charge in [-0.3, -0.25) is 0 Å². The van der Waals surface area contributed by atoms with Crippen LogP contribution in [0.2, 0.25) is 5.02 Å². The number of nitrogens with one attached hydrogen (secondary N) is 1. The Hall–Kier alpha value is -1.21. The van der Waals surface area contributed by atoms with Crippen molar-refractivity contribution in [1.82, 2.24) is 9.55 Å². The van der Waals surface area contributed by atoms with Gasteiger partial charge in [0.25, 0.3) is 0 Å². The second-order valence-corrected chi connectivity index (χ2v) is 6.08. The molecule has 3 rings (SSSR count). The molecule has 2 heterocycles. The van der Waals surface area contributed by atoms with Crippen LogP contribution in [0.4, 0.5) is 0 Å². The molecular formula is C15H19Cl2N3O2S.